The van der Waals surface area contributed by atoms with Crippen LogP contribution < -0.4 is 0 Å². The van der Waals surface area contributed by atoms with Crippen LogP contribution in [-0.4, -0.2) is 17.3 Å². The first-order valence-electron chi connectivity index (χ1n) is 5.71. The summed E-state index contributed by atoms with van der Waals surface area (Å²) < 4.78 is 0. The third-order valence-electron chi connectivity index (χ3n) is 4.62. The Kier molecular flexibility index (Phi) is 1.22. The molecule has 3 nitrogen and oxygen atoms in total. The highest BCUT2D eigenvalue weighted by Gasteiger charge is 2.75. The average Bonchev–Trinajstić information content (AvgIpc) is 2.78. The van der Waals surface area contributed by atoms with Gasteiger partial charge in [0.1, 0.15) is 0 Å². The Morgan fingerprint density at radius 2 is 2.00 bits per heavy atom. The van der Waals surface area contributed by atoms with Crippen LogP contribution in [0.2, 0.25) is 0 Å². The van der Waals surface area contributed by atoms with Crippen molar-refractivity contribution in [1.29, 1.82) is 0 Å². The lowest BCUT2D eigenvalue weighted by atomic mass is 9.78. The second kappa shape index (κ2) is 2.26. The van der Waals surface area contributed by atoms with E-state index in [0.717, 1.165) is 24.3 Å². The summed E-state index contributed by atoms with van der Waals surface area (Å²) in [5.74, 6) is 0.384. The summed E-state index contributed by atoms with van der Waals surface area (Å²) in [5.41, 5.74) is 2.01. The van der Waals surface area contributed by atoms with Crippen LogP contribution in [0.5, 0.6) is 0 Å². The van der Waals surface area contributed by atoms with Crippen LogP contribution >= 0.6 is 0 Å². The van der Waals surface area contributed by atoms with Crippen molar-refractivity contribution in [2.24, 2.45) is 15.8 Å². The van der Waals surface area contributed by atoms with Crippen molar-refractivity contribution in [3.8, 4) is 0 Å². The Morgan fingerprint density at radius 3 is 2.88 bits per heavy atom. The first-order chi connectivity index (χ1) is 7.66. The van der Waals surface area contributed by atoms with Gasteiger partial charge in [-0.2, -0.15) is 0 Å². The van der Waals surface area contributed by atoms with E-state index < -0.39 is 0 Å². The third-order valence-corrected chi connectivity index (χ3v) is 4.62. The SMILES string of the molecule is O=C1C=C2N=C3C=CC(=O)CC34CC24CC1. The fraction of sp³-hybridized carbons (Fsp3) is 0.462. The van der Waals surface area contributed by atoms with Gasteiger partial charge in [-0.3, -0.25) is 14.6 Å². The largest absolute Gasteiger partial charge is 0.295 e. The molecule has 2 unspecified atom stereocenters. The molecule has 80 valence electrons. The van der Waals surface area contributed by atoms with E-state index in [-0.39, 0.29) is 22.4 Å². The van der Waals surface area contributed by atoms with Crippen LogP contribution in [0.3, 0.4) is 0 Å². The van der Waals surface area contributed by atoms with Gasteiger partial charge in [0.2, 0.25) is 0 Å². The molecule has 0 aromatic carbocycles. The van der Waals surface area contributed by atoms with Gasteiger partial charge in [0.15, 0.2) is 11.6 Å². The monoisotopic (exact) mass is 213 g/mol. The minimum absolute atomic E-state index is 0.0225. The lowest BCUT2D eigenvalue weighted by Crippen LogP contribution is -2.26. The molecule has 2 spiro atoms. The second-order valence-electron chi connectivity index (χ2n) is 5.31. The maximum absolute atomic E-state index is 11.5. The van der Waals surface area contributed by atoms with Gasteiger partial charge < -0.3 is 0 Å². The fourth-order valence-corrected chi connectivity index (χ4v) is 3.72. The molecular formula is C13H11NO2. The zero-order chi connectivity index (χ0) is 11.0. The molecule has 3 aliphatic carbocycles. The standard InChI is InChI=1S/C13H11NO2/c15-8-3-4-12-7-13(12)6-9(16)1-2-10(13)14-11(12)5-8/h1-2,5H,3-4,6-7H2. The minimum Gasteiger partial charge on any atom is -0.295 e. The Balaban J connectivity index is 1.90. The molecule has 0 N–H and O–H groups in total. The van der Waals surface area contributed by atoms with Crippen LogP contribution in [0.25, 0.3) is 0 Å². The summed E-state index contributed by atoms with van der Waals surface area (Å²) in [6, 6.07) is 0. The van der Waals surface area contributed by atoms with Crippen molar-refractivity contribution in [3.63, 3.8) is 0 Å². The quantitative estimate of drug-likeness (QED) is 0.613. The summed E-state index contributed by atoms with van der Waals surface area (Å²) in [6.45, 7) is 0. The van der Waals surface area contributed by atoms with Crippen LogP contribution in [0.4, 0.5) is 0 Å². The molecule has 0 bridgehead atoms. The molecule has 1 aliphatic heterocycles. The number of carbonyl (C=O) groups is 2. The van der Waals surface area contributed by atoms with E-state index in [9.17, 15) is 9.59 Å². The van der Waals surface area contributed by atoms with E-state index in [1.165, 1.54) is 0 Å². The Labute approximate surface area is 92.9 Å². The van der Waals surface area contributed by atoms with E-state index in [4.69, 9.17) is 0 Å². The van der Waals surface area contributed by atoms with E-state index in [0.29, 0.717) is 12.8 Å². The fourth-order valence-electron chi connectivity index (χ4n) is 3.72. The van der Waals surface area contributed by atoms with Crippen molar-refractivity contribution < 1.29 is 9.59 Å². The number of ketones is 2. The van der Waals surface area contributed by atoms with Gasteiger partial charge in [-0.1, -0.05) is 0 Å². The number of hydrogen-bond donors (Lipinski definition) is 0. The molecule has 4 rings (SSSR count). The van der Waals surface area contributed by atoms with Gasteiger partial charge in [0.05, 0.1) is 5.70 Å². The molecule has 4 aliphatic rings. The normalized spacial score (nSPS) is 43.2. The Bertz CT molecular complexity index is 540. The molecule has 0 aromatic rings. The zero-order valence-electron chi connectivity index (χ0n) is 8.82. The summed E-state index contributed by atoms with van der Waals surface area (Å²) in [4.78, 5) is 27.5. The molecule has 0 aromatic heterocycles. The third kappa shape index (κ3) is 0.731. The second-order valence-corrected chi connectivity index (χ2v) is 5.31. The number of rotatable bonds is 0. The van der Waals surface area contributed by atoms with Crippen LogP contribution in [0, 0.1) is 10.8 Å². The highest BCUT2D eigenvalue weighted by Crippen LogP contribution is 2.77. The lowest BCUT2D eigenvalue weighted by molar-refractivity contribution is -0.115. The molecule has 0 amide bonds. The van der Waals surface area contributed by atoms with E-state index >= 15 is 0 Å². The van der Waals surface area contributed by atoms with Crippen LogP contribution in [-0.2, 0) is 9.59 Å². The summed E-state index contributed by atoms with van der Waals surface area (Å²) in [5, 5.41) is 0. The van der Waals surface area contributed by atoms with Gasteiger partial charge in [0, 0.05) is 35.5 Å². The Morgan fingerprint density at radius 1 is 1.12 bits per heavy atom. The highest BCUT2D eigenvalue weighted by atomic mass is 16.1. The maximum Gasteiger partial charge on any atom is 0.157 e. The molecule has 1 saturated carbocycles. The highest BCUT2D eigenvalue weighted by molar-refractivity contribution is 6.16. The van der Waals surface area contributed by atoms with Gasteiger partial charge in [-0.15, -0.1) is 0 Å². The Hall–Kier alpha value is -1.51. The summed E-state index contributed by atoms with van der Waals surface area (Å²) in [7, 11) is 0. The lowest BCUT2D eigenvalue weighted by Gasteiger charge is -2.22. The number of carbonyl (C=O) groups excluding carboxylic acids is 2. The van der Waals surface area contributed by atoms with E-state index in [1.807, 2.05) is 6.08 Å². The van der Waals surface area contributed by atoms with Crippen molar-refractivity contribution in [3.05, 3.63) is 23.9 Å². The zero-order valence-corrected chi connectivity index (χ0v) is 8.82. The molecule has 3 heteroatoms. The number of nitrogens with zero attached hydrogens (tertiary/aromatic N) is 1. The van der Waals surface area contributed by atoms with Crippen LogP contribution in [0.1, 0.15) is 25.7 Å². The molecular weight excluding hydrogens is 202 g/mol. The van der Waals surface area contributed by atoms with Gasteiger partial charge in [-0.25, -0.2) is 0 Å². The number of allylic oxidation sites excluding steroid dienone is 4. The maximum atomic E-state index is 11.5. The smallest absolute Gasteiger partial charge is 0.157 e. The van der Waals surface area contributed by atoms with Crippen LogP contribution in [0.15, 0.2) is 28.9 Å². The minimum atomic E-state index is -0.0225. The molecule has 0 saturated heterocycles. The van der Waals surface area contributed by atoms with E-state index in [2.05, 4.69) is 4.99 Å². The topological polar surface area (TPSA) is 46.5 Å². The van der Waals surface area contributed by atoms with Gasteiger partial charge in [0.25, 0.3) is 0 Å². The van der Waals surface area contributed by atoms with E-state index in [1.54, 1.807) is 12.2 Å². The molecule has 2 atom stereocenters. The first kappa shape index (κ1) is 8.62. The summed E-state index contributed by atoms with van der Waals surface area (Å²) in [6.07, 6.45) is 8.28. The molecule has 1 heterocycles. The predicted octanol–water partition coefficient (Wildman–Crippen LogP) is 1.59. The van der Waals surface area contributed by atoms with Crippen molar-refractivity contribution >= 4 is 17.3 Å². The summed E-state index contributed by atoms with van der Waals surface area (Å²) >= 11 is 0. The average molecular weight is 213 g/mol. The van der Waals surface area contributed by atoms with Crippen molar-refractivity contribution in [2.75, 3.05) is 0 Å². The van der Waals surface area contributed by atoms with Crippen molar-refractivity contribution in [1.82, 2.24) is 0 Å². The molecule has 1 fully saturated rings. The van der Waals surface area contributed by atoms with Crippen molar-refractivity contribution in [2.45, 2.75) is 25.7 Å². The molecule has 16 heavy (non-hydrogen) atoms. The number of aliphatic imine (C=N–C) groups is 1. The predicted molar refractivity (Wildman–Crippen MR) is 58.0 cm³/mol. The number of hydrogen-bond acceptors (Lipinski definition) is 3. The van der Waals surface area contributed by atoms with Gasteiger partial charge >= 0.3 is 0 Å². The van der Waals surface area contributed by atoms with Gasteiger partial charge in [-0.05, 0) is 25.0 Å². The first-order valence-corrected chi connectivity index (χ1v) is 5.71. The molecule has 0 radical (unpaired) electrons.